The van der Waals surface area contributed by atoms with E-state index in [0.717, 1.165) is 72.4 Å². The van der Waals surface area contributed by atoms with Crippen molar-refractivity contribution >= 4 is 21.9 Å². The highest BCUT2D eigenvalue weighted by atomic mass is 16.5. The highest BCUT2D eigenvalue weighted by Crippen LogP contribution is 2.64. The van der Waals surface area contributed by atoms with Crippen LogP contribution < -0.4 is 4.74 Å². The molecule has 1 spiro atoms. The minimum atomic E-state index is -0.639. The van der Waals surface area contributed by atoms with Gasteiger partial charge >= 0.3 is 0 Å². The van der Waals surface area contributed by atoms with Gasteiger partial charge in [-0.1, -0.05) is 152 Å². The molecule has 1 unspecified atom stereocenters. The van der Waals surface area contributed by atoms with E-state index in [-0.39, 0.29) is 0 Å². The quantitative estimate of drug-likeness (QED) is 0.180. The van der Waals surface area contributed by atoms with Crippen LogP contribution in [0.4, 0.5) is 0 Å². The zero-order valence-electron chi connectivity index (χ0n) is 30.6. The molecule has 2 aliphatic rings. The summed E-state index contributed by atoms with van der Waals surface area (Å²) in [5.41, 5.74) is 13.1. The normalized spacial score (nSPS) is 14.9. The van der Waals surface area contributed by atoms with E-state index in [2.05, 4.69) is 121 Å². The molecule has 0 fully saturated rings. The Balaban J connectivity index is 1.07. The summed E-state index contributed by atoms with van der Waals surface area (Å²) >= 11 is 0. The zero-order chi connectivity index (χ0) is 37.5. The largest absolute Gasteiger partial charge is 0.457 e. The van der Waals surface area contributed by atoms with E-state index < -0.39 is 5.41 Å². The average Bonchev–Trinajstić information content (AvgIpc) is 3.81. The van der Waals surface area contributed by atoms with Crippen LogP contribution in [0.15, 0.2) is 192 Å². The van der Waals surface area contributed by atoms with Crippen LogP contribution in [-0.4, -0.2) is 15.0 Å². The van der Waals surface area contributed by atoms with Gasteiger partial charge < -0.3 is 9.15 Å². The highest BCUT2D eigenvalue weighted by Gasteiger charge is 2.52. The fourth-order valence-corrected chi connectivity index (χ4v) is 9.16. The molecule has 12 rings (SSSR count). The minimum Gasteiger partial charge on any atom is -0.457 e. The monoisotopic (exact) mass is 729 g/mol. The molecule has 5 nitrogen and oxygen atoms in total. The van der Waals surface area contributed by atoms with Gasteiger partial charge in [0.1, 0.15) is 22.7 Å². The standard InChI is InChI=1S/C52H31N3O2/c1-3-14-32(15-4-1)49-53-50(33-16-5-2-6-17-33)55-51(54-49)36-19-13-18-34(30-36)35-26-28-45-42(31-35)52(40-23-10-12-25-44(40)57-45)39-22-9-7-20-37(39)47-41(52)27-29-46-48(47)38-21-8-11-24-43(38)56-46/h1-31H. The number of rotatable bonds is 4. The van der Waals surface area contributed by atoms with Crippen LogP contribution >= 0.6 is 0 Å². The van der Waals surface area contributed by atoms with Crippen molar-refractivity contribution in [3.8, 4) is 67.9 Å². The first kappa shape index (κ1) is 31.7. The van der Waals surface area contributed by atoms with Crippen LogP contribution in [0.1, 0.15) is 22.3 Å². The van der Waals surface area contributed by atoms with Crippen molar-refractivity contribution in [3.05, 3.63) is 210 Å². The molecule has 0 N–H and O–H groups in total. The first-order valence-electron chi connectivity index (χ1n) is 19.2. The van der Waals surface area contributed by atoms with Gasteiger partial charge in [0.25, 0.3) is 0 Å². The van der Waals surface area contributed by atoms with E-state index in [1.807, 2.05) is 66.7 Å². The summed E-state index contributed by atoms with van der Waals surface area (Å²) in [6, 6.07) is 65.4. The van der Waals surface area contributed by atoms with E-state index in [0.29, 0.717) is 17.5 Å². The van der Waals surface area contributed by atoms with Gasteiger partial charge in [-0.05, 0) is 69.8 Å². The molecule has 1 aliphatic carbocycles. The molecule has 5 heteroatoms. The lowest BCUT2D eigenvalue weighted by molar-refractivity contribution is 0.436. The van der Waals surface area contributed by atoms with E-state index >= 15 is 0 Å². The van der Waals surface area contributed by atoms with Crippen molar-refractivity contribution in [1.29, 1.82) is 0 Å². The van der Waals surface area contributed by atoms with Crippen molar-refractivity contribution < 1.29 is 9.15 Å². The fraction of sp³-hybridized carbons (Fsp3) is 0.0192. The molecule has 1 aliphatic heterocycles. The third kappa shape index (κ3) is 4.66. The molecule has 1 atom stereocenters. The summed E-state index contributed by atoms with van der Waals surface area (Å²) in [5.74, 6) is 3.58. The molecule has 10 aromatic rings. The second-order valence-electron chi connectivity index (χ2n) is 14.7. The predicted molar refractivity (Wildman–Crippen MR) is 226 cm³/mol. The molecule has 3 heterocycles. The summed E-state index contributed by atoms with van der Waals surface area (Å²) < 4.78 is 13.2. The third-order valence-electron chi connectivity index (χ3n) is 11.6. The van der Waals surface area contributed by atoms with E-state index in [9.17, 15) is 0 Å². The predicted octanol–water partition coefficient (Wildman–Crippen LogP) is 12.9. The van der Waals surface area contributed by atoms with Crippen LogP contribution in [0.3, 0.4) is 0 Å². The van der Waals surface area contributed by atoms with Crippen LogP contribution in [0.5, 0.6) is 11.5 Å². The van der Waals surface area contributed by atoms with Crippen molar-refractivity contribution in [2.75, 3.05) is 0 Å². The van der Waals surface area contributed by atoms with Crippen molar-refractivity contribution in [2.45, 2.75) is 5.41 Å². The molecule has 8 aromatic carbocycles. The number of benzene rings is 8. The van der Waals surface area contributed by atoms with E-state index in [1.54, 1.807) is 0 Å². The van der Waals surface area contributed by atoms with Gasteiger partial charge in [0, 0.05) is 38.6 Å². The van der Waals surface area contributed by atoms with Gasteiger partial charge in [-0.3, -0.25) is 0 Å². The van der Waals surface area contributed by atoms with Crippen molar-refractivity contribution in [2.24, 2.45) is 0 Å². The Morgan fingerprint density at radius 2 is 0.965 bits per heavy atom. The van der Waals surface area contributed by atoms with Crippen molar-refractivity contribution in [1.82, 2.24) is 15.0 Å². The Morgan fingerprint density at radius 1 is 0.368 bits per heavy atom. The van der Waals surface area contributed by atoms with Gasteiger partial charge in [-0.2, -0.15) is 0 Å². The molecular weight excluding hydrogens is 699 g/mol. The van der Waals surface area contributed by atoms with Crippen LogP contribution in [0, 0.1) is 0 Å². The first-order valence-corrected chi connectivity index (χ1v) is 19.2. The fourth-order valence-electron chi connectivity index (χ4n) is 9.16. The van der Waals surface area contributed by atoms with Gasteiger partial charge in [0.05, 0.1) is 5.41 Å². The number of hydrogen-bond acceptors (Lipinski definition) is 5. The SMILES string of the molecule is c1ccc(-c2nc(-c3ccccc3)nc(-c3cccc(-c4ccc5c(c4)C4(c6ccccc6O5)c5ccccc5-c5c4ccc4oc6ccccc6c54)c3)n2)cc1. The molecule has 0 saturated heterocycles. The molecule has 0 saturated carbocycles. The number of furan rings is 1. The molecule has 266 valence electrons. The number of aromatic nitrogens is 3. The van der Waals surface area contributed by atoms with Gasteiger partial charge in [-0.25, -0.2) is 15.0 Å². The Labute approximate surface area is 328 Å². The zero-order valence-corrected chi connectivity index (χ0v) is 30.6. The highest BCUT2D eigenvalue weighted by molar-refractivity contribution is 6.15. The summed E-state index contributed by atoms with van der Waals surface area (Å²) in [6.07, 6.45) is 0. The van der Waals surface area contributed by atoms with E-state index in [4.69, 9.17) is 24.1 Å². The molecule has 0 bridgehead atoms. The summed E-state index contributed by atoms with van der Waals surface area (Å²) in [7, 11) is 0. The van der Waals surface area contributed by atoms with Crippen molar-refractivity contribution in [3.63, 3.8) is 0 Å². The molecule has 2 aromatic heterocycles. The van der Waals surface area contributed by atoms with E-state index in [1.165, 1.54) is 22.3 Å². The topological polar surface area (TPSA) is 61.0 Å². The van der Waals surface area contributed by atoms with Gasteiger partial charge in [-0.15, -0.1) is 0 Å². The number of hydrogen-bond donors (Lipinski definition) is 0. The molecular formula is C52H31N3O2. The average molecular weight is 730 g/mol. The lowest BCUT2D eigenvalue weighted by Gasteiger charge is -2.39. The minimum absolute atomic E-state index is 0.617. The number of para-hydroxylation sites is 2. The summed E-state index contributed by atoms with van der Waals surface area (Å²) in [6.45, 7) is 0. The summed E-state index contributed by atoms with van der Waals surface area (Å²) in [4.78, 5) is 15.0. The second-order valence-corrected chi connectivity index (χ2v) is 14.7. The Morgan fingerprint density at radius 3 is 1.75 bits per heavy atom. The molecule has 0 radical (unpaired) electrons. The van der Waals surface area contributed by atoms with Crippen LogP contribution in [-0.2, 0) is 5.41 Å². The van der Waals surface area contributed by atoms with Gasteiger partial charge in [0.2, 0.25) is 0 Å². The first-order chi connectivity index (χ1) is 28.2. The Hall–Kier alpha value is -7.63. The Bertz CT molecular complexity index is 3170. The lowest BCUT2D eigenvalue weighted by Crippen LogP contribution is -2.32. The van der Waals surface area contributed by atoms with Crippen LogP contribution in [0.2, 0.25) is 0 Å². The third-order valence-corrected chi connectivity index (χ3v) is 11.6. The lowest BCUT2D eigenvalue weighted by atomic mass is 9.65. The maximum Gasteiger partial charge on any atom is 0.164 e. The maximum atomic E-state index is 6.79. The summed E-state index contributed by atoms with van der Waals surface area (Å²) in [5, 5.41) is 2.26. The number of nitrogens with zero attached hydrogens (tertiary/aromatic N) is 3. The smallest absolute Gasteiger partial charge is 0.164 e. The molecule has 57 heavy (non-hydrogen) atoms. The van der Waals surface area contributed by atoms with Crippen LogP contribution in [0.25, 0.3) is 78.4 Å². The number of fused-ring (bicyclic) bond motifs is 13. The van der Waals surface area contributed by atoms with Gasteiger partial charge in [0.15, 0.2) is 17.5 Å². The Kier molecular flexibility index (Phi) is 6.78. The maximum absolute atomic E-state index is 6.79. The molecule has 0 amide bonds. The number of ether oxygens (including phenoxy) is 1. The second kappa shape index (κ2) is 12.2.